The van der Waals surface area contributed by atoms with Gasteiger partial charge < -0.3 is 0 Å². The van der Waals surface area contributed by atoms with Gasteiger partial charge >= 0.3 is 0 Å². The fraction of sp³-hybridized carbons (Fsp3) is 0.500. The van der Waals surface area contributed by atoms with Crippen molar-refractivity contribution in [2.45, 2.75) is 45.6 Å². The number of nitrogens with one attached hydrogen (secondary N) is 1. The molecule has 1 aromatic carbocycles. The summed E-state index contributed by atoms with van der Waals surface area (Å²) in [5.74, 6) is 0.381. The van der Waals surface area contributed by atoms with Crippen molar-refractivity contribution >= 4 is 5.78 Å². The number of carbonyl (C=O) groups excluding carboxylic acids is 1. The second-order valence-electron chi connectivity index (χ2n) is 7.85. The quantitative estimate of drug-likeness (QED) is 0.870. The number of nitrogens with zero attached hydrogens (tertiary/aromatic N) is 2. The van der Waals surface area contributed by atoms with E-state index in [1.807, 2.05) is 18.2 Å². The zero-order chi connectivity index (χ0) is 17.2. The van der Waals surface area contributed by atoms with Crippen molar-refractivity contribution in [2.75, 3.05) is 13.1 Å². The topological polar surface area (TPSA) is 49.0 Å². The molecule has 4 heteroatoms. The predicted octanol–water partition coefficient (Wildman–Crippen LogP) is 3.80. The molecule has 1 aliphatic heterocycles. The lowest BCUT2D eigenvalue weighted by Gasteiger charge is -2.31. The Morgan fingerprint density at radius 3 is 2.62 bits per heavy atom. The number of hydrogen-bond acceptors (Lipinski definition) is 3. The van der Waals surface area contributed by atoms with E-state index in [9.17, 15) is 4.79 Å². The van der Waals surface area contributed by atoms with Crippen molar-refractivity contribution in [1.29, 1.82) is 0 Å². The molecule has 24 heavy (non-hydrogen) atoms. The van der Waals surface area contributed by atoms with Gasteiger partial charge in [-0.1, -0.05) is 45.0 Å². The van der Waals surface area contributed by atoms with E-state index in [-0.39, 0.29) is 17.1 Å². The van der Waals surface area contributed by atoms with Crippen LogP contribution in [0.15, 0.2) is 36.5 Å². The minimum Gasteiger partial charge on any atom is -0.297 e. The normalized spacial score (nSPS) is 19.4. The second-order valence-corrected chi connectivity index (χ2v) is 7.85. The molecule has 2 heterocycles. The monoisotopic (exact) mass is 325 g/mol. The molecule has 0 bridgehead atoms. The molecular weight excluding hydrogens is 298 g/mol. The summed E-state index contributed by atoms with van der Waals surface area (Å²) in [6.07, 6.45) is 3.84. The first-order chi connectivity index (χ1) is 11.4. The maximum Gasteiger partial charge on any atom is 0.167 e. The number of aromatic amines is 1. The number of H-pyrrole nitrogens is 1. The largest absolute Gasteiger partial charge is 0.297 e. The van der Waals surface area contributed by atoms with Crippen LogP contribution in [0, 0.1) is 5.92 Å². The molecule has 1 aliphatic rings. The number of likely N-dealkylation sites (tertiary alicyclic amines) is 1. The molecule has 128 valence electrons. The zero-order valence-electron chi connectivity index (χ0n) is 14.9. The van der Waals surface area contributed by atoms with Gasteiger partial charge in [0.25, 0.3) is 0 Å². The number of rotatable bonds is 4. The third-order valence-corrected chi connectivity index (χ3v) is 4.86. The molecular formula is C20H27N3O. The van der Waals surface area contributed by atoms with Crippen molar-refractivity contribution < 1.29 is 4.79 Å². The second kappa shape index (κ2) is 6.89. The van der Waals surface area contributed by atoms with Gasteiger partial charge in [0.05, 0.1) is 0 Å². The molecule has 0 aliphatic carbocycles. The van der Waals surface area contributed by atoms with Gasteiger partial charge in [-0.3, -0.25) is 14.8 Å². The molecule has 0 spiro atoms. The van der Waals surface area contributed by atoms with Crippen LogP contribution in [0.4, 0.5) is 0 Å². The van der Waals surface area contributed by atoms with E-state index in [0.717, 1.165) is 43.7 Å². The van der Waals surface area contributed by atoms with Gasteiger partial charge in [-0.15, -0.1) is 0 Å². The number of carbonyl (C=O) groups is 1. The van der Waals surface area contributed by atoms with Crippen molar-refractivity contribution in [2.24, 2.45) is 5.92 Å². The Morgan fingerprint density at radius 1 is 1.25 bits per heavy atom. The number of aromatic nitrogens is 2. The minimum absolute atomic E-state index is 0.0992. The smallest absolute Gasteiger partial charge is 0.167 e. The van der Waals surface area contributed by atoms with E-state index >= 15 is 0 Å². The Balaban J connectivity index is 1.65. The zero-order valence-corrected chi connectivity index (χ0v) is 14.9. The van der Waals surface area contributed by atoms with Crippen molar-refractivity contribution in [3.8, 4) is 0 Å². The number of Topliss-reactive ketones (excluding diaryl/α,β-unsaturated/α-hetero) is 1. The van der Waals surface area contributed by atoms with Crippen LogP contribution in [0.5, 0.6) is 0 Å². The average Bonchev–Trinajstić information content (AvgIpc) is 3.07. The summed E-state index contributed by atoms with van der Waals surface area (Å²) in [6, 6.07) is 10.2. The average molecular weight is 325 g/mol. The summed E-state index contributed by atoms with van der Waals surface area (Å²) >= 11 is 0. The summed E-state index contributed by atoms with van der Waals surface area (Å²) < 4.78 is 0. The van der Waals surface area contributed by atoms with E-state index < -0.39 is 0 Å². The number of hydrogen-bond donors (Lipinski definition) is 1. The summed E-state index contributed by atoms with van der Waals surface area (Å²) in [6.45, 7) is 9.30. The van der Waals surface area contributed by atoms with Crippen LogP contribution < -0.4 is 0 Å². The summed E-state index contributed by atoms with van der Waals surface area (Å²) in [5, 5.41) is 7.00. The van der Waals surface area contributed by atoms with Crippen molar-refractivity contribution in [3.05, 3.63) is 53.3 Å². The molecule has 0 saturated carbocycles. The van der Waals surface area contributed by atoms with E-state index in [1.54, 1.807) is 6.20 Å². The predicted molar refractivity (Wildman–Crippen MR) is 96.1 cm³/mol. The first-order valence-electron chi connectivity index (χ1n) is 8.79. The van der Waals surface area contributed by atoms with Gasteiger partial charge in [0, 0.05) is 36.5 Å². The molecule has 0 radical (unpaired) electrons. The third kappa shape index (κ3) is 3.93. The highest BCUT2D eigenvalue weighted by Crippen LogP contribution is 2.25. The summed E-state index contributed by atoms with van der Waals surface area (Å²) in [7, 11) is 0. The van der Waals surface area contributed by atoms with E-state index in [1.165, 1.54) is 5.56 Å². The standard InChI is InChI=1S/C20H27N3O/c1-20(2,3)17-8-6-15(7-9-17)19(24)16-5-4-12-23(13-16)14-18-10-11-21-22-18/h6-11,16H,4-5,12-14H2,1-3H3,(H,21,22)/t16-/m0/s1. The fourth-order valence-electron chi connectivity index (χ4n) is 3.40. The van der Waals surface area contributed by atoms with Gasteiger partial charge in [-0.05, 0) is 36.4 Å². The van der Waals surface area contributed by atoms with Crippen LogP contribution >= 0.6 is 0 Å². The number of piperidine rings is 1. The molecule has 1 fully saturated rings. The molecule has 0 unspecified atom stereocenters. The SMILES string of the molecule is CC(C)(C)c1ccc(C(=O)[C@H]2CCCN(Cc3ccn[nH]3)C2)cc1. The maximum absolute atomic E-state index is 12.9. The van der Waals surface area contributed by atoms with E-state index in [4.69, 9.17) is 0 Å². The summed E-state index contributed by atoms with van der Waals surface area (Å²) in [4.78, 5) is 15.2. The number of ketones is 1. The lowest BCUT2D eigenvalue weighted by molar-refractivity contribution is 0.0810. The Kier molecular flexibility index (Phi) is 4.86. The molecule has 4 nitrogen and oxygen atoms in total. The Labute approximate surface area is 144 Å². The van der Waals surface area contributed by atoms with Crippen LogP contribution in [0.3, 0.4) is 0 Å². The fourth-order valence-corrected chi connectivity index (χ4v) is 3.40. The highest BCUT2D eigenvalue weighted by molar-refractivity contribution is 5.98. The van der Waals surface area contributed by atoms with Gasteiger partial charge in [0.1, 0.15) is 0 Å². The first kappa shape index (κ1) is 16.9. The van der Waals surface area contributed by atoms with Crippen molar-refractivity contribution in [1.82, 2.24) is 15.1 Å². The molecule has 1 aromatic heterocycles. The Bertz CT molecular complexity index is 668. The van der Waals surface area contributed by atoms with Gasteiger partial charge in [0.2, 0.25) is 0 Å². The lowest BCUT2D eigenvalue weighted by Crippen LogP contribution is -2.38. The Hall–Kier alpha value is -1.94. The van der Waals surface area contributed by atoms with E-state index in [0.29, 0.717) is 0 Å². The maximum atomic E-state index is 12.9. The number of benzene rings is 1. The molecule has 2 aromatic rings. The van der Waals surface area contributed by atoms with Crippen LogP contribution in [0.1, 0.15) is 55.2 Å². The molecule has 1 N–H and O–H groups in total. The van der Waals surface area contributed by atoms with Gasteiger partial charge in [-0.2, -0.15) is 5.10 Å². The highest BCUT2D eigenvalue weighted by Gasteiger charge is 2.27. The van der Waals surface area contributed by atoms with Gasteiger partial charge in [0.15, 0.2) is 5.78 Å². The molecule has 1 atom stereocenters. The van der Waals surface area contributed by atoms with Crippen LogP contribution in [-0.4, -0.2) is 34.0 Å². The van der Waals surface area contributed by atoms with Crippen LogP contribution in [-0.2, 0) is 12.0 Å². The molecule has 3 rings (SSSR count). The summed E-state index contributed by atoms with van der Waals surface area (Å²) in [5.41, 5.74) is 3.34. The minimum atomic E-state index is 0.0992. The van der Waals surface area contributed by atoms with E-state index in [2.05, 4.69) is 48.0 Å². The van der Waals surface area contributed by atoms with Crippen LogP contribution in [0.2, 0.25) is 0 Å². The lowest BCUT2D eigenvalue weighted by atomic mass is 9.85. The first-order valence-corrected chi connectivity index (χ1v) is 8.79. The third-order valence-electron chi connectivity index (χ3n) is 4.86. The Morgan fingerprint density at radius 2 is 2.00 bits per heavy atom. The molecule has 1 saturated heterocycles. The molecule has 0 amide bonds. The highest BCUT2D eigenvalue weighted by atomic mass is 16.1. The van der Waals surface area contributed by atoms with Crippen LogP contribution in [0.25, 0.3) is 0 Å². The van der Waals surface area contributed by atoms with Crippen molar-refractivity contribution in [3.63, 3.8) is 0 Å². The van der Waals surface area contributed by atoms with Gasteiger partial charge in [-0.25, -0.2) is 0 Å².